The maximum Gasteiger partial charge on any atom is 0.419 e. The molecular formula is C8H3ClF3NO. The van der Waals surface area contributed by atoms with Gasteiger partial charge in [-0.3, -0.25) is 0 Å². The number of hydrogen-bond acceptors (Lipinski definition) is 2. The molecule has 1 aromatic rings. The van der Waals surface area contributed by atoms with Gasteiger partial charge in [-0.15, -0.1) is 0 Å². The number of benzene rings is 1. The lowest BCUT2D eigenvalue weighted by molar-refractivity contribution is -0.136. The fourth-order valence-electron chi connectivity index (χ4n) is 0.936. The Balaban J connectivity index is 3.44. The molecule has 0 bridgehead atoms. The first-order chi connectivity index (χ1) is 6.46. The standard InChI is InChI=1S/C8H3ClF3NO/c9-5-2-1-3-6(13-4-14)7(5)8(10,11)12/h1-3H. The van der Waals surface area contributed by atoms with E-state index in [1.54, 1.807) is 0 Å². The van der Waals surface area contributed by atoms with Crippen LogP contribution in [0.3, 0.4) is 0 Å². The van der Waals surface area contributed by atoms with Gasteiger partial charge in [0.1, 0.15) is 5.56 Å². The highest BCUT2D eigenvalue weighted by atomic mass is 35.5. The molecule has 0 unspecified atom stereocenters. The van der Waals surface area contributed by atoms with Crippen molar-refractivity contribution in [2.75, 3.05) is 0 Å². The second-order valence-electron chi connectivity index (χ2n) is 2.33. The molecule has 0 fully saturated rings. The van der Waals surface area contributed by atoms with Gasteiger partial charge in [0.2, 0.25) is 6.08 Å². The van der Waals surface area contributed by atoms with Crippen LogP contribution in [0.5, 0.6) is 0 Å². The molecule has 1 rings (SSSR count). The van der Waals surface area contributed by atoms with Crippen LogP contribution in [0.1, 0.15) is 5.56 Å². The summed E-state index contributed by atoms with van der Waals surface area (Å²) in [6, 6.07) is 3.39. The Bertz CT molecular complexity index is 396. The van der Waals surface area contributed by atoms with E-state index in [1.807, 2.05) is 0 Å². The molecule has 0 N–H and O–H groups in total. The van der Waals surface area contributed by atoms with Crippen molar-refractivity contribution >= 4 is 23.4 Å². The first kappa shape index (κ1) is 10.8. The lowest BCUT2D eigenvalue weighted by Crippen LogP contribution is -2.06. The minimum absolute atomic E-state index is 0.492. The number of carbonyl (C=O) groups excluding carboxylic acids is 1. The van der Waals surface area contributed by atoms with E-state index in [0.29, 0.717) is 0 Å². The van der Waals surface area contributed by atoms with Crippen LogP contribution >= 0.6 is 11.6 Å². The number of aliphatic imine (C=N–C) groups is 1. The third kappa shape index (κ3) is 2.13. The zero-order valence-corrected chi connectivity index (χ0v) is 7.36. The molecule has 0 aromatic heterocycles. The number of isocyanates is 1. The molecule has 1 aromatic carbocycles. The Hall–Kier alpha value is -1.32. The van der Waals surface area contributed by atoms with E-state index < -0.39 is 22.4 Å². The average Bonchev–Trinajstić information content (AvgIpc) is 2.02. The molecule has 2 nitrogen and oxygen atoms in total. The third-order valence-corrected chi connectivity index (χ3v) is 1.76. The SMILES string of the molecule is O=C=Nc1cccc(Cl)c1C(F)(F)F. The van der Waals surface area contributed by atoms with Crippen LogP contribution in [0.15, 0.2) is 23.2 Å². The second kappa shape index (κ2) is 3.82. The maximum absolute atomic E-state index is 12.4. The van der Waals surface area contributed by atoms with E-state index in [9.17, 15) is 18.0 Å². The summed E-state index contributed by atoms with van der Waals surface area (Å²) in [6.07, 6.45) is -3.59. The lowest BCUT2D eigenvalue weighted by Gasteiger charge is -2.10. The van der Waals surface area contributed by atoms with Crippen LogP contribution in [0, 0.1) is 0 Å². The summed E-state index contributed by atoms with van der Waals surface area (Å²) < 4.78 is 37.1. The summed E-state index contributed by atoms with van der Waals surface area (Å²) in [7, 11) is 0. The highest BCUT2D eigenvalue weighted by Gasteiger charge is 2.36. The minimum atomic E-state index is -4.63. The molecule has 0 radical (unpaired) electrons. The normalized spacial score (nSPS) is 10.9. The smallest absolute Gasteiger partial charge is 0.211 e. The van der Waals surface area contributed by atoms with Crippen LogP contribution in [0.2, 0.25) is 5.02 Å². The molecule has 0 heterocycles. The first-order valence-corrected chi connectivity index (χ1v) is 3.78. The van der Waals surface area contributed by atoms with Crippen molar-refractivity contribution in [3.8, 4) is 0 Å². The van der Waals surface area contributed by atoms with Crippen molar-refractivity contribution in [3.05, 3.63) is 28.8 Å². The van der Waals surface area contributed by atoms with Crippen molar-refractivity contribution in [2.45, 2.75) is 6.18 Å². The van der Waals surface area contributed by atoms with Gasteiger partial charge in [0, 0.05) is 0 Å². The zero-order valence-electron chi connectivity index (χ0n) is 6.60. The largest absolute Gasteiger partial charge is 0.419 e. The quantitative estimate of drug-likeness (QED) is 0.528. The van der Waals surface area contributed by atoms with E-state index >= 15 is 0 Å². The summed E-state index contributed by atoms with van der Waals surface area (Å²) in [5.74, 6) is 0. The predicted molar refractivity (Wildman–Crippen MR) is 44.2 cm³/mol. The van der Waals surface area contributed by atoms with Crippen molar-refractivity contribution in [1.29, 1.82) is 0 Å². The Morgan fingerprint density at radius 3 is 2.50 bits per heavy atom. The molecule has 0 aliphatic carbocycles. The fourth-order valence-corrected chi connectivity index (χ4v) is 1.21. The molecule has 0 spiro atoms. The summed E-state index contributed by atoms with van der Waals surface area (Å²) in [5, 5.41) is -0.492. The molecule has 6 heteroatoms. The van der Waals surface area contributed by atoms with E-state index in [0.717, 1.165) is 18.2 Å². The number of alkyl halides is 3. The summed E-state index contributed by atoms with van der Waals surface area (Å²) >= 11 is 5.34. The molecule has 0 amide bonds. The van der Waals surface area contributed by atoms with Gasteiger partial charge in [-0.2, -0.15) is 18.2 Å². The van der Waals surface area contributed by atoms with Gasteiger partial charge in [0.05, 0.1) is 10.7 Å². The summed E-state index contributed by atoms with van der Waals surface area (Å²) in [4.78, 5) is 12.8. The summed E-state index contributed by atoms with van der Waals surface area (Å²) in [6.45, 7) is 0. The maximum atomic E-state index is 12.4. The van der Waals surface area contributed by atoms with E-state index in [2.05, 4.69) is 4.99 Å². The van der Waals surface area contributed by atoms with Gasteiger partial charge in [-0.1, -0.05) is 17.7 Å². The van der Waals surface area contributed by atoms with E-state index in [-0.39, 0.29) is 0 Å². The number of hydrogen-bond donors (Lipinski definition) is 0. The molecule has 0 aliphatic rings. The van der Waals surface area contributed by atoms with Crippen molar-refractivity contribution in [3.63, 3.8) is 0 Å². The molecule has 14 heavy (non-hydrogen) atoms. The minimum Gasteiger partial charge on any atom is -0.211 e. The Kier molecular flexibility index (Phi) is 2.93. The third-order valence-electron chi connectivity index (χ3n) is 1.44. The van der Waals surface area contributed by atoms with Crippen molar-refractivity contribution < 1.29 is 18.0 Å². The fraction of sp³-hybridized carbons (Fsp3) is 0.125. The van der Waals surface area contributed by atoms with Crippen molar-refractivity contribution in [1.82, 2.24) is 0 Å². The van der Waals surface area contributed by atoms with Crippen LogP contribution in [-0.2, 0) is 11.0 Å². The Morgan fingerprint density at radius 2 is 2.00 bits per heavy atom. The first-order valence-electron chi connectivity index (χ1n) is 3.40. The Morgan fingerprint density at radius 1 is 1.36 bits per heavy atom. The van der Waals surface area contributed by atoms with E-state index in [4.69, 9.17) is 11.6 Å². The molecular weight excluding hydrogens is 219 g/mol. The topological polar surface area (TPSA) is 29.4 Å². The lowest BCUT2D eigenvalue weighted by atomic mass is 10.2. The van der Waals surface area contributed by atoms with Gasteiger partial charge in [-0.05, 0) is 12.1 Å². The Labute approximate surface area is 82.0 Å². The molecule has 0 saturated carbocycles. The van der Waals surface area contributed by atoms with Crippen LogP contribution in [0.4, 0.5) is 18.9 Å². The van der Waals surface area contributed by atoms with Crippen LogP contribution in [-0.4, -0.2) is 6.08 Å². The van der Waals surface area contributed by atoms with Gasteiger partial charge in [0.25, 0.3) is 0 Å². The van der Waals surface area contributed by atoms with Gasteiger partial charge in [0.15, 0.2) is 0 Å². The van der Waals surface area contributed by atoms with Gasteiger partial charge in [-0.25, -0.2) is 4.79 Å². The van der Waals surface area contributed by atoms with Crippen LogP contribution < -0.4 is 0 Å². The van der Waals surface area contributed by atoms with Crippen LogP contribution in [0.25, 0.3) is 0 Å². The van der Waals surface area contributed by atoms with Gasteiger partial charge >= 0.3 is 6.18 Å². The van der Waals surface area contributed by atoms with Gasteiger partial charge < -0.3 is 0 Å². The second-order valence-corrected chi connectivity index (χ2v) is 2.74. The number of nitrogens with zero attached hydrogens (tertiary/aromatic N) is 1. The molecule has 74 valence electrons. The highest BCUT2D eigenvalue weighted by molar-refractivity contribution is 6.31. The number of halogens is 4. The molecule has 0 aliphatic heterocycles. The molecule has 0 atom stereocenters. The highest BCUT2D eigenvalue weighted by Crippen LogP contribution is 2.40. The number of rotatable bonds is 1. The zero-order chi connectivity index (χ0) is 10.8. The monoisotopic (exact) mass is 221 g/mol. The summed E-state index contributed by atoms with van der Waals surface area (Å²) in [5.41, 5.74) is -1.65. The predicted octanol–water partition coefficient (Wildman–Crippen LogP) is 3.33. The van der Waals surface area contributed by atoms with Crippen molar-refractivity contribution in [2.24, 2.45) is 4.99 Å². The molecule has 0 saturated heterocycles. The average molecular weight is 222 g/mol. The van der Waals surface area contributed by atoms with E-state index in [1.165, 1.54) is 6.07 Å².